The third kappa shape index (κ3) is 4.20. The van der Waals surface area contributed by atoms with Crippen LogP contribution in [0.2, 0.25) is 0 Å². The summed E-state index contributed by atoms with van der Waals surface area (Å²) in [6.45, 7) is 0. The van der Waals surface area contributed by atoms with Crippen LogP contribution in [-0.2, 0) is 9.30 Å². The summed E-state index contributed by atoms with van der Waals surface area (Å²) in [5, 5.41) is 36.0. The summed E-state index contributed by atoms with van der Waals surface area (Å²) >= 11 is 0. The molecular weight excluding hydrogens is 311 g/mol. The number of hydrogen-bond donors (Lipinski definition) is 5. The molecule has 120 valence electrons. The highest BCUT2D eigenvalue weighted by Gasteiger charge is 2.45. The lowest BCUT2D eigenvalue weighted by Crippen LogP contribution is -2.59. The lowest BCUT2D eigenvalue weighted by atomic mass is 9.97. The predicted molar refractivity (Wildman–Crippen MR) is 63.1 cm³/mol. The van der Waals surface area contributed by atoms with Crippen molar-refractivity contribution in [2.45, 2.75) is 37.1 Å². The Hall–Kier alpha value is -1.07. The van der Waals surface area contributed by atoms with Crippen LogP contribution >= 0.6 is 7.60 Å². The highest BCUT2D eigenvalue weighted by Crippen LogP contribution is 2.37. The summed E-state index contributed by atoms with van der Waals surface area (Å²) in [7, 11) is -4.29. The first-order valence-electron chi connectivity index (χ1n) is 5.95. The molecule has 1 aromatic heterocycles. The van der Waals surface area contributed by atoms with Gasteiger partial charge in [0.25, 0.3) is 0 Å². The molecule has 11 nitrogen and oxygen atoms in total. The van der Waals surface area contributed by atoms with Crippen LogP contribution in [0.5, 0.6) is 6.08 Å². The van der Waals surface area contributed by atoms with E-state index in [4.69, 9.17) is 23.7 Å². The van der Waals surface area contributed by atoms with Crippen molar-refractivity contribution in [1.82, 2.24) is 10.2 Å². The van der Waals surface area contributed by atoms with E-state index in [-0.39, 0.29) is 12.5 Å². The smallest absolute Gasteiger partial charge is 0.416 e. The van der Waals surface area contributed by atoms with Crippen molar-refractivity contribution in [1.29, 1.82) is 0 Å². The van der Waals surface area contributed by atoms with E-state index in [9.17, 15) is 19.9 Å². The summed E-state index contributed by atoms with van der Waals surface area (Å²) in [6, 6.07) is 0. The van der Waals surface area contributed by atoms with Gasteiger partial charge < -0.3 is 39.0 Å². The van der Waals surface area contributed by atoms with Crippen molar-refractivity contribution in [2.24, 2.45) is 0 Å². The molecule has 0 saturated carbocycles. The Bertz CT molecular complexity index is 491. The van der Waals surface area contributed by atoms with Gasteiger partial charge in [0.15, 0.2) is 0 Å². The van der Waals surface area contributed by atoms with E-state index >= 15 is 0 Å². The lowest BCUT2D eigenvalue weighted by molar-refractivity contribution is -0.276. The van der Waals surface area contributed by atoms with Gasteiger partial charge in [-0.2, -0.15) is 0 Å². The normalized spacial score (nSPS) is 33.9. The Morgan fingerprint density at radius 3 is 2.52 bits per heavy atom. The molecule has 1 aliphatic rings. The number of nitrogens with zero attached hydrogens (tertiary/aromatic N) is 2. The standard InChI is InChI=1S/C9H15N2O9P/c12-5-4(1-2-21(15,16)17)19-8(7(14)6(5)13)20-9-11-10-3-18-9/h3-8,12-14H,1-2H2,(H2,15,16,17)/t4-,5-,6+,7+,8?/m1/s1. The van der Waals surface area contributed by atoms with E-state index in [1.165, 1.54) is 0 Å². The minimum atomic E-state index is -4.29. The molecule has 2 heterocycles. The van der Waals surface area contributed by atoms with Crippen LogP contribution in [0.4, 0.5) is 0 Å². The Morgan fingerprint density at radius 1 is 1.24 bits per heavy atom. The maximum absolute atomic E-state index is 10.8. The Kier molecular flexibility index (Phi) is 4.94. The molecule has 1 fully saturated rings. The van der Waals surface area contributed by atoms with E-state index < -0.39 is 44.5 Å². The molecule has 5 atom stereocenters. The number of aromatic nitrogens is 2. The van der Waals surface area contributed by atoms with E-state index in [1.807, 2.05) is 0 Å². The van der Waals surface area contributed by atoms with Crippen LogP contribution < -0.4 is 4.74 Å². The Morgan fingerprint density at radius 2 is 1.95 bits per heavy atom. The van der Waals surface area contributed by atoms with Gasteiger partial charge in [0.2, 0.25) is 12.7 Å². The van der Waals surface area contributed by atoms with E-state index in [0.29, 0.717) is 0 Å². The van der Waals surface area contributed by atoms with Crippen molar-refractivity contribution >= 4 is 7.60 Å². The zero-order chi connectivity index (χ0) is 15.6. The molecular formula is C9H15N2O9P. The highest BCUT2D eigenvalue weighted by atomic mass is 31.2. The molecule has 0 spiro atoms. The largest absolute Gasteiger partial charge is 0.416 e. The lowest BCUT2D eigenvalue weighted by Gasteiger charge is -2.39. The van der Waals surface area contributed by atoms with Crippen LogP contribution in [0.15, 0.2) is 10.8 Å². The first kappa shape index (κ1) is 16.3. The third-order valence-electron chi connectivity index (χ3n) is 2.93. The van der Waals surface area contributed by atoms with Crippen LogP contribution in [0.3, 0.4) is 0 Å². The number of aliphatic hydroxyl groups is 3. The summed E-state index contributed by atoms with van der Waals surface area (Å²) < 4.78 is 25.7. The molecule has 21 heavy (non-hydrogen) atoms. The van der Waals surface area contributed by atoms with Gasteiger partial charge in [-0.25, -0.2) is 0 Å². The second-order valence-electron chi connectivity index (χ2n) is 4.51. The minimum absolute atomic E-state index is 0.237. The molecule has 5 N–H and O–H groups in total. The molecule has 0 bridgehead atoms. The van der Waals surface area contributed by atoms with Crippen LogP contribution in [-0.4, -0.2) is 72.2 Å². The summed E-state index contributed by atoms with van der Waals surface area (Å²) in [5.74, 6) is 0. The molecule has 2 rings (SSSR count). The molecule has 0 aliphatic carbocycles. The average molecular weight is 326 g/mol. The van der Waals surface area contributed by atoms with Crippen molar-refractivity contribution < 1.29 is 43.6 Å². The van der Waals surface area contributed by atoms with E-state index in [2.05, 4.69) is 10.2 Å². The minimum Gasteiger partial charge on any atom is -0.416 e. The molecule has 12 heteroatoms. The molecule has 0 radical (unpaired) electrons. The van der Waals surface area contributed by atoms with Gasteiger partial charge in [-0.1, -0.05) is 5.10 Å². The average Bonchev–Trinajstić information content (AvgIpc) is 2.90. The SMILES string of the molecule is O=P(O)(O)CC[C@H]1OC(Oc2nnco2)[C@@H](O)[C@@H](O)[C@@H]1O. The first-order valence-corrected chi connectivity index (χ1v) is 7.75. The molecule has 1 unspecified atom stereocenters. The van der Waals surface area contributed by atoms with Crippen molar-refractivity contribution in [3.63, 3.8) is 0 Å². The fraction of sp³-hybridized carbons (Fsp3) is 0.778. The zero-order valence-corrected chi connectivity index (χ0v) is 11.5. The molecule has 0 aromatic carbocycles. The summed E-state index contributed by atoms with van der Waals surface area (Å²) in [6.07, 6.45) is -7.43. The van der Waals surface area contributed by atoms with Gasteiger partial charge in [0.05, 0.1) is 12.3 Å². The summed E-state index contributed by atoms with van der Waals surface area (Å²) in [4.78, 5) is 17.6. The van der Waals surface area contributed by atoms with Gasteiger partial charge in [-0.15, -0.1) is 5.10 Å². The van der Waals surface area contributed by atoms with Gasteiger partial charge >= 0.3 is 13.7 Å². The van der Waals surface area contributed by atoms with Crippen molar-refractivity contribution in [2.75, 3.05) is 6.16 Å². The second kappa shape index (κ2) is 6.36. The third-order valence-corrected chi connectivity index (χ3v) is 3.77. The van der Waals surface area contributed by atoms with Crippen LogP contribution in [0, 0.1) is 0 Å². The van der Waals surface area contributed by atoms with Gasteiger partial charge in [0.1, 0.15) is 18.3 Å². The van der Waals surface area contributed by atoms with Crippen molar-refractivity contribution in [3.8, 4) is 6.08 Å². The maximum Gasteiger partial charge on any atom is 0.416 e. The zero-order valence-electron chi connectivity index (χ0n) is 10.6. The topological polar surface area (TPSA) is 176 Å². The van der Waals surface area contributed by atoms with Crippen LogP contribution in [0.25, 0.3) is 0 Å². The summed E-state index contributed by atoms with van der Waals surface area (Å²) in [5.41, 5.74) is 0. The number of ether oxygens (including phenoxy) is 2. The Labute approximate surface area is 118 Å². The molecule has 1 aliphatic heterocycles. The highest BCUT2D eigenvalue weighted by molar-refractivity contribution is 7.51. The number of hydrogen-bond acceptors (Lipinski definition) is 9. The van der Waals surface area contributed by atoms with Gasteiger partial charge in [-0.3, -0.25) is 4.57 Å². The van der Waals surface area contributed by atoms with Crippen molar-refractivity contribution in [3.05, 3.63) is 6.39 Å². The second-order valence-corrected chi connectivity index (χ2v) is 6.29. The fourth-order valence-electron chi connectivity index (χ4n) is 1.86. The van der Waals surface area contributed by atoms with E-state index in [0.717, 1.165) is 6.39 Å². The number of rotatable bonds is 5. The van der Waals surface area contributed by atoms with E-state index in [1.54, 1.807) is 0 Å². The fourth-order valence-corrected chi connectivity index (χ4v) is 2.45. The van der Waals surface area contributed by atoms with Gasteiger partial charge in [-0.05, 0) is 6.42 Å². The predicted octanol–water partition coefficient (Wildman–Crippen LogP) is -2.18. The molecule has 1 saturated heterocycles. The monoisotopic (exact) mass is 326 g/mol. The maximum atomic E-state index is 10.8. The molecule has 1 aromatic rings. The Balaban J connectivity index is 2.03. The van der Waals surface area contributed by atoms with Gasteiger partial charge in [0, 0.05) is 0 Å². The molecule has 0 amide bonds. The van der Waals surface area contributed by atoms with Crippen LogP contribution in [0.1, 0.15) is 6.42 Å². The number of aliphatic hydroxyl groups excluding tert-OH is 3. The quantitative estimate of drug-likeness (QED) is 0.372. The first-order chi connectivity index (χ1) is 9.78.